The minimum Gasteiger partial charge on any atom is -0.388 e. The van der Waals surface area contributed by atoms with Crippen molar-refractivity contribution in [1.82, 2.24) is 4.90 Å². The summed E-state index contributed by atoms with van der Waals surface area (Å²) in [5.74, 6) is 0.943. The van der Waals surface area contributed by atoms with Crippen molar-refractivity contribution in [1.29, 1.82) is 0 Å². The van der Waals surface area contributed by atoms with Crippen molar-refractivity contribution < 1.29 is 5.11 Å². The topological polar surface area (TPSA) is 23.5 Å². The summed E-state index contributed by atoms with van der Waals surface area (Å²) in [5, 5.41) is 10.3. The highest BCUT2D eigenvalue weighted by atomic mass is 16.3. The number of aryl methyl sites for hydroxylation is 1. The van der Waals surface area contributed by atoms with Crippen LogP contribution in [0.3, 0.4) is 0 Å². The third-order valence-electron chi connectivity index (χ3n) is 4.58. The Labute approximate surface area is 123 Å². The zero-order valence-corrected chi connectivity index (χ0v) is 13.0. The maximum Gasteiger partial charge on any atom is 0.0802 e. The molecule has 0 radical (unpaired) electrons. The molecule has 112 valence electrons. The van der Waals surface area contributed by atoms with Gasteiger partial charge >= 0.3 is 0 Å². The average molecular weight is 275 g/mol. The van der Waals surface area contributed by atoms with E-state index in [-0.39, 0.29) is 6.10 Å². The van der Waals surface area contributed by atoms with E-state index < -0.39 is 0 Å². The van der Waals surface area contributed by atoms with Crippen LogP contribution >= 0.6 is 0 Å². The fourth-order valence-electron chi connectivity index (χ4n) is 3.17. The van der Waals surface area contributed by atoms with Crippen LogP contribution in [0.4, 0.5) is 0 Å². The molecule has 1 fully saturated rings. The Bertz CT molecular complexity index is 379. The number of benzene rings is 1. The van der Waals surface area contributed by atoms with Crippen LogP contribution in [0.2, 0.25) is 0 Å². The lowest BCUT2D eigenvalue weighted by molar-refractivity contribution is 0.121. The molecule has 1 aliphatic heterocycles. The molecule has 1 aromatic rings. The molecule has 0 aromatic heterocycles. The van der Waals surface area contributed by atoms with Gasteiger partial charge in [0.25, 0.3) is 0 Å². The summed E-state index contributed by atoms with van der Waals surface area (Å²) < 4.78 is 0. The van der Waals surface area contributed by atoms with Crippen LogP contribution in [-0.2, 0) is 0 Å². The van der Waals surface area contributed by atoms with Crippen molar-refractivity contribution in [2.24, 2.45) is 5.92 Å². The van der Waals surface area contributed by atoms with Crippen LogP contribution in [-0.4, -0.2) is 29.6 Å². The lowest BCUT2D eigenvalue weighted by atomic mass is 9.92. The normalized spacial score (nSPS) is 19.1. The van der Waals surface area contributed by atoms with E-state index in [0.29, 0.717) is 0 Å². The maximum absolute atomic E-state index is 10.3. The van der Waals surface area contributed by atoms with Crippen molar-refractivity contribution in [3.05, 3.63) is 35.4 Å². The number of rotatable bonds is 6. The average Bonchev–Trinajstić information content (AvgIpc) is 2.47. The van der Waals surface area contributed by atoms with Crippen LogP contribution in [0.5, 0.6) is 0 Å². The monoisotopic (exact) mass is 275 g/mol. The third kappa shape index (κ3) is 4.60. The lowest BCUT2D eigenvalue weighted by Gasteiger charge is -2.32. The minimum atomic E-state index is -0.316. The Hall–Kier alpha value is -0.860. The van der Waals surface area contributed by atoms with Crippen LogP contribution in [0.1, 0.15) is 56.3 Å². The molecule has 1 saturated heterocycles. The summed E-state index contributed by atoms with van der Waals surface area (Å²) in [5.41, 5.74) is 2.30. The molecule has 0 spiro atoms. The lowest BCUT2D eigenvalue weighted by Crippen LogP contribution is -2.34. The fraction of sp³-hybridized carbons (Fsp3) is 0.667. The van der Waals surface area contributed by atoms with Crippen molar-refractivity contribution >= 4 is 0 Å². The Kier molecular flexibility index (Phi) is 6.06. The van der Waals surface area contributed by atoms with Crippen molar-refractivity contribution in [3.8, 4) is 0 Å². The fourth-order valence-corrected chi connectivity index (χ4v) is 3.17. The first kappa shape index (κ1) is 15.5. The molecule has 2 rings (SSSR count). The number of hydrogen-bond donors (Lipinski definition) is 1. The highest BCUT2D eigenvalue weighted by molar-refractivity contribution is 5.23. The summed E-state index contributed by atoms with van der Waals surface area (Å²) in [4.78, 5) is 2.52. The first-order valence-electron chi connectivity index (χ1n) is 8.16. The Balaban J connectivity index is 1.71. The minimum absolute atomic E-state index is 0.316. The molecule has 0 saturated carbocycles. The van der Waals surface area contributed by atoms with Gasteiger partial charge in [0, 0.05) is 6.54 Å². The van der Waals surface area contributed by atoms with E-state index in [9.17, 15) is 5.11 Å². The van der Waals surface area contributed by atoms with Crippen LogP contribution in [0.15, 0.2) is 24.3 Å². The molecule has 1 N–H and O–H groups in total. The largest absolute Gasteiger partial charge is 0.388 e. The van der Waals surface area contributed by atoms with Gasteiger partial charge in [0.15, 0.2) is 0 Å². The number of aliphatic hydroxyl groups excluding tert-OH is 1. The first-order chi connectivity index (χ1) is 9.69. The number of hydrogen-bond acceptors (Lipinski definition) is 2. The highest BCUT2D eigenvalue weighted by Gasteiger charge is 2.19. The van der Waals surface area contributed by atoms with Gasteiger partial charge in [0.1, 0.15) is 0 Å². The van der Waals surface area contributed by atoms with Crippen LogP contribution in [0.25, 0.3) is 0 Å². The quantitative estimate of drug-likeness (QED) is 0.850. The zero-order valence-electron chi connectivity index (χ0n) is 13.0. The van der Waals surface area contributed by atoms with Gasteiger partial charge in [-0.25, -0.2) is 0 Å². The molecule has 1 heterocycles. The number of nitrogens with zero attached hydrogens (tertiary/aromatic N) is 1. The SMILES string of the molecule is CCCC1CCN(CCC(O)c2ccc(C)cc2)CC1. The molecule has 1 atom stereocenters. The van der Waals surface area contributed by atoms with Gasteiger partial charge in [-0.2, -0.15) is 0 Å². The molecule has 1 aromatic carbocycles. The first-order valence-corrected chi connectivity index (χ1v) is 8.16. The van der Waals surface area contributed by atoms with Gasteiger partial charge in [-0.05, 0) is 50.8 Å². The van der Waals surface area contributed by atoms with E-state index >= 15 is 0 Å². The molecule has 2 nitrogen and oxygen atoms in total. The predicted molar refractivity (Wildman–Crippen MR) is 84.8 cm³/mol. The number of aliphatic hydroxyl groups is 1. The summed E-state index contributed by atoms with van der Waals surface area (Å²) in [6, 6.07) is 8.25. The molecule has 1 aliphatic rings. The van der Waals surface area contributed by atoms with Gasteiger partial charge in [-0.15, -0.1) is 0 Å². The third-order valence-corrected chi connectivity index (χ3v) is 4.58. The van der Waals surface area contributed by atoms with E-state index in [1.807, 2.05) is 12.1 Å². The summed E-state index contributed by atoms with van der Waals surface area (Å²) in [6.07, 6.45) is 5.92. The van der Waals surface area contributed by atoms with Gasteiger partial charge in [-0.3, -0.25) is 0 Å². The van der Waals surface area contributed by atoms with Crippen molar-refractivity contribution in [2.75, 3.05) is 19.6 Å². The summed E-state index contributed by atoms with van der Waals surface area (Å²) >= 11 is 0. The van der Waals surface area contributed by atoms with E-state index in [2.05, 4.69) is 30.9 Å². The molecular weight excluding hydrogens is 246 g/mol. The van der Waals surface area contributed by atoms with Gasteiger partial charge in [0.05, 0.1) is 6.10 Å². The predicted octanol–water partition coefficient (Wildman–Crippen LogP) is 3.93. The second-order valence-corrected chi connectivity index (χ2v) is 6.29. The van der Waals surface area contributed by atoms with E-state index in [4.69, 9.17) is 0 Å². The molecule has 0 amide bonds. The molecule has 0 aliphatic carbocycles. The second kappa shape index (κ2) is 7.80. The molecular formula is C18H29NO. The van der Waals surface area contributed by atoms with Crippen LogP contribution < -0.4 is 0 Å². The van der Waals surface area contributed by atoms with E-state index in [1.165, 1.54) is 44.3 Å². The van der Waals surface area contributed by atoms with Gasteiger partial charge < -0.3 is 10.0 Å². The highest BCUT2D eigenvalue weighted by Crippen LogP contribution is 2.23. The standard InChI is InChI=1S/C18H29NO/c1-3-4-16-9-12-19(13-10-16)14-11-18(20)17-7-5-15(2)6-8-17/h5-8,16,18,20H,3-4,9-14H2,1-2H3. The Morgan fingerprint density at radius 2 is 1.85 bits per heavy atom. The van der Waals surface area contributed by atoms with E-state index in [0.717, 1.165) is 24.4 Å². The van der Waals surface area contributed by atoms with E-state index in [1.54, 1.807) is 0 Å². The zero-order chi connectivity index (χ0) is 14.4. The van der Waals surface area contributed by atoms with Gasteiger partial charge in [-0.1, -0.05) is 49.6 Å². The van der Waals surface area contributed by atoms with Crippen molar-refractivity contribution in [2.45, 2.75) is 52.1 Å². The molecule has 0 bridgehead atoms. The number of likely N-dealkylation sites (tertiary alicyclic amines) is 1. The smallest absolute Gasteiger partial charge is 0.0802 e. The Morgan fingerprint density at radius 1 is 1.20 bits per heavy atom. The Morgan fingerprint density at radius 3 is 2.45 bits per heavy atom. The molecule has 1 unspecified atom stereocenters. The molecule has 20 heavy (non-hydrogen) atoms. The van der Waals surface area contributed by atoms with Crippen molar-refractivity contribution in [3.63, 3.8) is 0 Å². The number of piperidine rings is 1. The second-order valence-electron chi connectivity index (χ2n) is 6.29. The maximum atomic E-state index is 10.3. The summed E-state index contributed by atoms with van der Waals surface area (Å²) in [6.45, 7) is 7.81. The van der Waals surface area contributed by atoms with Gasteiger partial charge in [0.2, 0.25) is 0 Å². The summed E-state index contributed by atoms with van der Waals surface area (Å²) in [7, 11) is 0. The van der Waals surface area contributed by atoms with Crippen LogP contribution in [0, 0.1) is 12.8 Å². The molecule has 2 heteroatoms.